The lowest BCUT2D eigenvalue weighted by molar-refractivity contribution is 0.465. The Morgan fingerprint density at radius 1 is 0.255 bits per heavy atom. The van der Waals surface area contributed by atoms with Crippen molar-refractivity contribution in [1.82, 2.24) is 0 Å². The van der Waals surface area contributed by atoms with Gasteiger partial charge in [-0.2, -0.15) is 0 Å². The van der Waals surface area contributed by atoms with E-state index in [0.717, 1.165) is 45.2 Å². The molecule has 0 radical (unpaired) electrons. The molecular formula is C48H31BO2. The molecule has 0 saturated carbocycles. The number of ether oxygens (including phenoxy) is 2. The van der Waals surface area contributed by atoms with Crippen LogP contribution < -0.4 is 25.9 Å². The molecule has 0 bridgehead atoms. The molecule has 51 heavy (non-hydrogen) atoms. The summed E-state index contributed by atoms with van der Waals surface area (Å²) in [6.45, 7) is 0.0688. The number of hydrogen-bond acceptors (Lipinski definition) is 2. The van der Waals surface area contributed by atoms with Crippen molar-refractivity contribution >= 4 is 23.1 Å². The molecule has 8 aromatic carbocycles. The minimum atomic E-state index is 0.0688. The maximum atomic E-state index is 6.57. The first-order valence-corrected chi connectivity index (χ1v) is 17.4. The highest BCUT2D eigenvalue weighted by Crippen LogP contribution is 2.39. The van der Waals surface area contributed by atoms with E-state index >= 15 is 0 Å². The van der Waals surface area contributed by atoms with Crippen LogP contribution in [-0.4, -0.2) is 6.71 Å². The van der Waals surface area contributed by atoms with E-state index in [0.29, 0.717) is 0 Å². The molecule has 2 heterocycles. The predicted octanol–water partition coefficient (Wildman–Crippen LogP) is 10.7. The van der Waals surface area contributed by atoms with Crippen LogP contribution in [0.15, 0.2) is 188 Å². The smallest absolute Gasteiger partial charge is 0.260 e. The molecule has 10 rings (SSSR count). The van der Waals surface area contributed by atoms with Crippen LogP contribution in [0.3, 0.4) is 0 Å². The molecule has 0 N–H and O–H groups in total. The van der Waals surface area contributed by atoms with E-state index in [1.807, 2.05) is 12.1 Å². The van der Waals surface area contributed by atoms with E-state index in [1.165, 1.54) is 49.9 Å². The zero-order valence-corrected chi connectivity index (χ0v) is 27.8. The predicted molar refractivity (Wildman–Crippen MR) is 211 cm³/mol. The van der Waals surface area contributed by atoms with Gasteiger partial charge in [0.1, 0.15) is 23.0 Å². The van der Waals surface area contributed by atoms with Gasteiger partial charge in [0, 0.05) is 5.46 Å². The summed E-state index contributed by atoms with van der Waals surface area (Å²) in [5, 5.41) is 0. The monoisotopic (exact) mass is 650 g/mol. The number of rotatable bonds is 5. The largest absolute Gasteiger partial charge is 0.458 e. The summed E-state index contributed by atoms with van der Waals surface area (Å²) in [6, 6.07) is 66.8. The van der Waals surface area contributed by atoms with Gasteiger partial charge in [-0.3, -0.25) is 0 Å². The first kappa shape index (κ1) is 29.4. The third-order valence-corrected chi connectivity index (χ3v) is 10.2. The molecule has 0 spiro atoms. The van der Waals surface area contributed by atoms with Crippen molar-refractivity contribution in [1.29, 1.82) is 0 Å². The first-order chi connectivity index (χ1) is 25.2. The van der Waals surface area contributed by atoms with Gasteiger partial charge in [0.25, 0.3) is 6.71 Å². The zero-order chi connectivity index (χ0) is 33.7. The van der Waals surface area contributed by atoms with Crippen molar-refractivity contribution in [2.24, 2.45) is 0 Å². The van der Waals surface area contributed by atoms with Crippen molar-refractivity contribution in [2.45, 2.75) is 0 Å². The summed E-state index contributed by atoms with van der Waals surface area (Å²) in [5.41, 5.74) is 15.1. The Balaban J connectivity index is 0.995. The molecule has 0 saturated heterocycles. The molecule has 0 aliphatic carbocycles. The van der Waals surface area contributed by atoms with Crippen LogP contribution in [0.25, 0.3) is 55.6 Å². The number of para-hydroxylation sites is 2. The van der Waals surface area contributed by atoms with Gasteiger partial charge >= 0.3 is 0 Å². The Hall–Kier alpha value is -6.58. The highest BCUT2D eigenvalue weighted by Gasteiger charge is 2.40. The lowest BCUT2D eigenvalue weighted by Crippen LogP contribution is -2.57. The van der Waals surface area contributed by atoms with Gasteiger partial charge < -0.3 is 9.47 Å². The minimum absolute atomic E-state index is 0.0688. The Bertz CT molecular complexity index is 2540. The van der Waals surface area contributed by atoms with Crippen LogP contribution in [-0.2, 0) is 0 Å². The summed E-state index contributed by atoms with van der Waals surface area (Å²) >= 11 is 0. The van der Waals surface area contributed by atoms with Gasteiger partial charge in [0.05, 0.1) is 0 Å². The van der Waals surface area contributed by atoms with E-state index in [-0.39, 0.29) is 6.71 Å². The van der Waals surface area contributed by atoms with Crippen molar-refractivity contribution < 1.29 is 9.47 Å². The van der Waals surface area contributed by atoms with Crippen LogP contribution in [0.1, 0.15) is 0 Å². The quantitative estimate of drug-likeness (QED) is 0.173. The van der Waals surface area contributed by atoms with E-state index in [1.54, 1.807) is 0 Å². The van der Waals surface area contributed by atoms with Crippen LogP contribution in [0.2, 0.25) is 0 Å². The van der Waals surface area contributed by atoms with E-state index in [2.05, 4.69) is 176 Å². The number of fused-ring (bicyclic) bond motifs is 4. The second-order valence-corrected chi connectivity index (χ2v) is 13.3. The Labute approximate surface area is 298 Å². The molecule has 0 atom stereocenters. The Kier molecular flexibility index (Phi) is 6.95. The molecule has 8 aromatic rings. The lowest BCUT2D eigenvalue weighted by atomic mass is 9.35. The average molecular weight is 651 g/mol. The van der Waals surface area contributed by atoms with Crippen LogP contribution in [0, 0.1) is 0 Å². The molecule has 0 amide bonds. The van der Waals surface area contributed by atoms with Gasteiger partial charge in [-0.15, -0.1) is 0 Å². The maximum Gasteiger partial charge on any atom is 0.260 e. The minimum Gasteiger partial charge on any atom is -0.458 e. The van der Waals surface area contributed by atoms with E-state index in [4.69, 9.17) is 9.47 Å². The Morgan fingerprint density at radius 2 is 0.588 bits per heavy atom. The fourth-order valence-electron chi connectivity index (χ4n) is 7.70. The average Bonchev–Trinajstić information content (AvgIpc) is 3.21. The maximum absolute atomic E-state index is 6.57. The molecule has 0 aromatic heterocycles. The summed E-state index contributed by atoms with van der Waals surface area (Å²) in [5.74, 6) is 3.49. The summed E-state index contributed by atoms with van der Waals surface area (Å²) in [4.78, 5) is 0. The standard InChI is InChI=1S/C48H31BO2/c1-2-12-32(13-3-1)33-14-8-15-34(26-33)35-16-9-17-36(27-35)37-18-10-19-38(28-37)39-20-11-21-40(29-39)41-30-46-48-47(31-41)51-45-25-7-5-23-43(45)49(48)42-22-4-6-24-44(42)50-46/h1-31H. The third-order valence-electron chi connectivity index (χ3n) is 10.2. The summed E-state index contributed by atoms with van der Waals surface area (Å²) < 4.78 is 13.1. The zero-order valence-electron chi connectivity index (χ0n) is 27.8. The molecule has 2 nitrogen and oxygen atoms in total. The molecule has 238 valence electrons. The van der Waals surface area contributed by atoms with E-state index in [9.17, 15) is 0 Å². The fraction of sp³-hybridized carbons (Fsp3) is 0. The van der Waals surface area contributed by atoms with Gasteiger partial charge in [-0.25, -0.2) is 0 Å². The highest BCUT2D eigenvalue weighted by molar-refractivity contribution is 6.98. The molecular weight excluding hydrogens is 619 g/mol. The van der Waals surface area contributed by atoms with Gasteiger partial charge in [0.2, 0.25) is 0 Å². The van der Waals surface area contributed by atoms with Crippen LogP contribution in [0.4, 0.5) is 0 Å². The second-order valence-electron chi connectivity index (χ2n) is 13.3. The SMILES string of the molecule is c1ccc(-c2cccc(-c3cccc(-c4cccc(-c5cccc(-c6cc7c8c(c6)Oc6ccccc6B8c6ccccc6O7)c5)c4)c3)c2)cc1. The first-order valence-electron chi connectivity index (χ1n) is 17.4. The van der Waals surface area contributed by atoms with Gasteiger partial charge in [-0.05, 0) is 115 Å². The topological polar surface area (TPSA) is 18.5 Å². The number of benzene rings is 8. The van der Waals surface area contributed by atoms with Crippen LogP contribution in [0.5, 0.6) is 23.0 Å². The number of hydrogen-bond donors (Lipinski definition) is 0. The molecule has 0 fully saturated rings. The van der Waals surface area contributed by atoms with E-state index < -0.39 is 0 Å². The summed E-state index contributed by atoms with van der Waals surface area (Å²) in [6.07, 6.45) is 0. The summed E-state index contributed by atoms with van der Waals surface area (Å²) in [7, 11) is 0. The third kappa shape index (κ3) is 5.22. The molecule has 2 aliphatic heterocycles. The van der Waals surface area contributed by atoms with Crippen molar-refractivity contribution in [3.05, 3.63) is 188 Å². The molecule has 2 aliphatic rings. The van der Waals surface area contributed by atoms with Crippen LogP contribution >= 0.6 is 0 Å². The molecule has 3 heteroatoms. The van der Waals surface area contributed by atoms with Gasteiger partial charge in [-0.1, -0.05) is 140 Å². The Morgan fingerprint density at radius 3 is 1.02 bits per heavy atom. The highest BCUT2D eigenvalue weighted by atomic mass is 16.5. The van der Waals surface area contributed by atoms with Crippen molar-refractivity contribution in [3.63, 3.8) is 0 Å². The lowest BCUT2D eigenvalue weighted by Gasteiger charge is -2.33. The molecule has 0 unspecified atom stereocenters. The van der Waals surface area contributed by atoms with Crippen molar-refractivity contribution in [3.8, 4) is 78.6 Å². The van der Waals surface area contributed by atoms with Gasteiger partial charge in [0.15, 0.2) is 0 Å². The fourth-order valence-corrected chi connectivity index (χ4v) is 7.70. The normalized spacial score (nSPS) is 12.2. The van der Waals surface area contributed by atoms with Crippen molar-refractivity contribution in [2.75, 3.05) is 0 Å². The second kappa shape index (κ2) is 12.1.